The highest BCUT2D eigenvalue weighted by Crippen LogP contribution is 2.11. The van der Waals surface area contributed by atoms with Gasteiger partial charge < -0.3 is 30.4 Å². The predicted octanol–water partition coefficient (Wildman–Crippen LogP) is 1.36. The highest BCUT2D eigenvalue weighted by molar-refractivity contribution is 5.75. The van der Waals surface area contributed by atoms with Gasteiger partial charge in [-0.25, -0.2) is 0 Å². The molecule has 0 aromatic carbocycles. The van der Waals surface area contributed by atoms with Gasteiger partial charge in [0.05, 0.1) is 6.61 Å². The highest BCUT2D eigenvalue weighted by Gasteiger charge is 2.31. The fourth-order valence-corrected chi connectivity index (χ4v) is 2.87. The van der Waals surface area contributed by atoms with E-state index in [0.29, 0.717) is 6.42 Å². The van der Waals surface area contributed by atoms with Crippen molar-refractivity contribution in [1.29, 1.82) is 0 Å². The van der Waals surface area contributed by atoms with Gasteiger partial charge in [0.1, 0.15) is 24.4 Å². The summed E-state index contributed by atoms with van der Waals surface area (Å²) >= 11 is 0. The fourth-order valence-electron chi connectivity index (χ4n) is 2.87. The first-order chi connectivity index (χ1) is 13.3. The molecule has 0 saturated heterocycles. The van der Waals surface area contributed by atoms with Crippen molar-refractivity contribution in [2.45, 2.75) is 95.5 Å². The molecule has 28 heavy (non-hydrogen) atoms. The normalized spacial score (nSPS) is 16.1. The van der Waals surface area contributed by atoms with Crippen LogP contribution in [0.25, 0.3) is 0 Å². The number of nitrogens with zero attached hydrogens (tertiary/aromatic N) is 1. The summed E-state index contributed by atoms with van der Waals surface area (Å²) in [5.41, 5.74) is 0. The van der Waals surface area contributed by atoms with Crippen molar-refractivity contribution in [3.05, 3.63) is 12.2 Å². The highest BCUT2D eigenvalue weighted by atomic mass is 16.4. The van der Waals surface area contributed by atoms with Crippen LogP contribution in [-0.2, 0) is 4.79 Å². The van der Waals surface area contributed by atoms with Gasteiger partial charge in [-0.2, -0.15) is 0 Å². The third-order valence-corrected chi connectivity index (χ3v) is 4.86. The zero-order valence-corrected chi connectivity index (χ0v) is 17.5. The van der Waals surface area contributed by atoms with E-state index in [1.807, 2.05) is 0 Å². The molecule has 0 fully saturated rings. The number of likely N-dealkylation sites (N-methyl/N-ethyl adjacent to an activating group) is 1. The minimum atomic E-state index is -1.68. The first-order valence-electron chi connectivity index (χ1n) is 10.6. The molecule has 0 aliphatic carbocycles. The molecule has 0 aromatic rings. The lowest BCUT2D eigenvalue weighted by Gasteiger charge is -2.28. The largest absolute Gasteiger partial charge is 0.394 e. The summed E-state index contributed by atoms with van der Waals surface area (Å²) in [5, 5.41) is 47.4. The number of rotatable bonds is 17. The average molecular weight is 404 g/mol. The SMILES string of the molecule is CCCCC=CCCCCCCCC(=O)N(C)C[C@H](O)[C@@H](O)[C@H](O)[C@H](O)CO. The fraction of sp³-hybridized carbons (Fsp3) is 0.857. The van der Waals surface area contributed by atoms with Crippen LogP contribution in [0.1, 0.15) is 71.1 Å². The molecule has 7 heteroatoms. The lowest BCUT2D eigenvalue weighted by atomic mass is 10.0. The molecule has 0 aromatic heterocycles. The Morgan fingerprint density at radius 3 is 2.00 bits per heavy atom. The Hall–Kier alpha value is -0.990. The van der Waals surface area contributed by atoms with Gasteiger partial charge in [0.25, 0.3) is 0 Å². The minimum Gasteiger partial charge on any atom is -0.394 e. The van der Waals surface area contributed by atoms with Crippen LogP contribution in [0.4, 0.5) is 0 Å². The number of aliphatic hydroxyl groups is 5. The maximum atomic E-state index is 12.1. The molecule has 0 bridgehead atoms. The molecule has 0 aliphatic heterocycles. The molecule has 0 unspecified atom stereocenters. The van der Waals surface area contributed by atoms with Crippen molar-refractivity contribution in [3.8, 4) is 0 Å². The van der Waals surface area contributed by atoms with Gasteiger partial charge in [-0.3, -0.25) is 4.79 Å². The molecule has 5 N–H and O–H groups in total. The molecule has 166 valence electrons. The molecule has 0 saturated carbocycles. The van der Waals surface area contributed by atoms with Gasteiger partial charge in [-0.1, -0.05) is 51.2 Å². The first kappa shape index (κ1) is 27.0. The summed E-state index contributed by atoms with van der Waals surface area (Å²) in [6.45, 7) is 1.31. The quantitative estimate of drug-likeness (QED) is 0.185. The van der Waals surface area contributed by atoms with Gasteiger partial charge in [0.15, 0.2) is 0 Å². The molecule has 4 atom stereocenters. The molecular formula is C21H41NO6. The number of carbonyl (C=O) groups excluding carboxylic acids is 1. The number of hydrogen-bond donors (Lipinski definition) is 5. The van der Waals surface area contributed by atoms with Crippen molar-refractivity contribution in [2.75, 3.05) is 20.2 Å². The molecular weight excluding hydrogens is 362 g/mol. The van der Waals surface area contributed by atoms with Crippen LogP contribution in [0.5, 0.6) is 0 Å². The molecule has 0 rings (SSSR count). The Bertz CT molecular complexity index is 418. The molecule has 7 nitrogen and oxygen atoms in total. The van der Waals surface area contributed by atoms with Crippen LogP contribution in [-0.4, -0.2) is 81.0 Å². The second-order valence-corrected chi connectivity index (χ2v) is 7.49. The predicted molar refractivity (Wildman–Crippen MR) is 110 cm³/mol. The van der Waals surface area contributed by atoms with Gasteiger partial charge in [-0.05, 0) is 25.7 Å². The molecule has 1 amide bonds. The van der Waals surface area contributed by atoms with E-state index in [4.69, 9.17) is 5.11 Å². The smallest absolute Gasteiger partial charge is 0.222 e. The molecule has 0 aliphatic rings. The number of unbranched alkanes of at least 4 members (excludes halogenated alkanes) is 7. The molecule has 0 heterocycles. The van der Waals surface area contributed by atoms with E-state index in [-0.39, 0.29) is 12.5 Å². The van der Waals surface area contributed by atoms with Gasteiger partial charge in [-0.15, -0.1) is 0 Å². The van der Waals surface area contributed by atoms with Crippen molar-refractivity contribution in [1.82, 2.24) is 4.90 Å². The number of amides is 1. The average Bonchev–Trinajstić information content (AvgIpc) is 2.69. The zero-order chi connectivity index (χ0) is 21.4. The van der Waals surface area contributed by atoms with E-state index in [0.717, 1.165) is 32.1 Å². The van der Waals surface area contributed by atoms with E-state index >= 15 is 0 Å². The Labute approximate surface area is 169 Å². The molecule has 0 radical (unpaired) electrons. The van der Waals surface area contributed by atoms with Crippen LogP contribution < -0.4 is 0 Å². The van der Waals surface area contributed by atoms with E-state index < -0.39 is 31.0 Å². The van der Waals surface area contributed by atoms with Crippen molar-refractivity contribution in [3.63, 3.8) is 0 Å². The summed E-state index contributed by atoms with van der Waals surface area (Å²) in [6, 6.07) is 0. The standard InChI is InChI=1S/C21H41NO6/c1-3-4-5-6-7-8-9-10-11-12-13-14-19(26)22(2)15-17(24)20(27)21(28)18(25)16-23/h6-7,17-18,20-21,23-25,27-28H,3-5,8-16H2,1-2H3/t17-,18+,20+,21+/m0/s1. The third-order valence-electron chi connectivity index (χ3n) is 4.86. The van der Waals surface area contributed by atoms with E-state index in [9.17, 15) is 25.2 Å². The van der Waals surface area contributed by atoms with Crippen molar-refractivity contribution >= 4 is 5.91 Å². The van der Waals surface area contributed by atoms with Crippen LogP contribution in [0.15, 0.2) is 12.2 Å². The maximum absolute atomic E-state index is 12.1. The Kier molecular flexibility index (Phi) is 16.3. The van der Waals surface area contributed by atoms with E-state index in [1.54, 1.807) is 0 Å². The summed E-state index contributed by atoms with van der Waals surface area (Å²) in [4.78, 5) is 13.4. The maximum Gasteiger partial charge on any atom is 0.222 e. The lowest BCUT2D eigenvalue weighted by molar-refractivity contribution is -0.138. The second-order valence-electron chi connectivity index (χ2n) is 7.49. The molecule has 0 spiro atoms. The number of aliphatic hydroxyl groups excluding tert-OH is 5. The Morgan fingerprint density at radius 2 is 1.39 bits per heavy atom. The summed E-state index contributed by atoms with van der Waals surface area (Å²) < 4.78 is 0. The number of carbonyl (C=O) groups is 1. The first-order valence-corrected chi connectivity index (χ1v) is 10.6. The Balaban J connectivity index is 3.85. The summed E-state index contributed by atoms with van der Waals surface area (Å²) in [6.07, 6.45) is 8.54. The monoisotopic (exact) mass is 403 g/mol. The summed E-state index contributed by atoms with van der Waals surface area (Å²) in [7, 11) is 1.53. The van der Waals surface area contributed by atoms with Crippen LogP contribution >= 0.6 is 0 Å². The lowest BCUT2D eigenvalue weighted by Crippen LogP contribution is -2.49. The number of allylic oxidation sites excluding steroid dienone is 2. The van der Waals surface area contributed by atoms with E-state index in [1.165, 1.54) is 37.6 Å². The zero-order valence-electron chi connectivity index (χ0n) is 17.5. The van der Waals surface area contributed by atoms with Crippen molar-refractivity contribution in [2.24, 2.45) is 0 Å². The topological polar surface area (TPSA) is 121 Å². The number of hydrogen-bond acceptors (Lipinski definition) is 6. The van der Waals surface area contributed by atoms with Gasteiger partial charge in [0.2, 0.25) is 5.91 Å². The van der Waals surface area contributed by atoms with E-state index in [2.05, 4.69) is 19.1 Å². The minimum absolute atomic E-state index is 0.137. The van der Waals surface area contributed by atoms with Crippen LogP contribution in [0.3, 0.4) is 0 Å². The Morgan fingerprint density at radius 1 is 0.857 bits per heavy atom. The third kappa shape index (κ3) is 12.5. The second kappa shape index (κ2) is 16.9. The summed E-state index contributed by atoms with van der Waals surface area (Å²) in [5.74, 6) is -0.137. The van der Waals surface area contributed by atoms with Gasteiger partial charge >= 0.3 is 0 Å². The van der Waals surface area contributed by atoms with Crippen molar-refractivity contribution < 1.29 is 30.3 Å². The van der Waals surface area contributed by atoms with Crippen LogP contribution in [0.2, 0.25) is 0 Å². The van der Waals surface area contributed by atoms with Crippen LogP contribution in [0, 0.1) is 0 Å². The van der Waals surface area contributed by atoms with Gasteiger partial charge in [0, 0.05) is 20.0 Å².